The van der Waals surface area contributed by atoms with Gasteiger partial charge < -0.3 is 25.4 Å². The van der Waals surface area contributed by atoms with Gasteiger partial charge in [-0.15, -0.1) is 0 Å². The van der Waals surface area contributed by atoms with Gasteiger partial charge in [-0.1, -0.05) is 78.9 Å². The molecule has 3 amide bonds. The van der Waals surface area contributed by atoms with Gasteiger partial charge in [-0.05, 0) is 80.0 Å². The van der Waals surface area contributed by atoms with Gasteiger partial charge in [0.25, 0.3) is 0 Å². The fourth-order valence-corrected chi connectivity index (χ4v) is 4.18. The van der Waals surface area contributed by atoms with Crippen LogP contribution in [0.3, 0.4) is 0 Å². The Labute approximate surface area is 250 Å². The summed E-state index contributed by atoms with van der Waals surface area (Å²) in [6, 6.07) is 25.2. The van der Waals surface area contributed by atoms with Crippen molar-refractivity contribution in [1.82, 2.24) is 10.6 Å². The Morgan fingerprint density at radius 1 is 0.750 bits per heavy atom. The summed E-state index contributed by atoms with van der Waals surface area (Å²) in [5.74, 6) is -0.376. The minimum atomic E-state index is -0.849. The van der Waals surface area contributed by atoms with Gasteiger partial charge in [0.05, 0.1) is 3.39 Å². The summed E-state index contributed by atoms with van der Waals surface area (Å²) in [7, 11) is 0. The van der Waals surface area contributed by atoms with Crippen LogP contribution in [0.2, 0.25) is 0 Å². The van der Waals surface area contributed by atoms with E-state index in [1.165, 1.54) is 0 Å². The standard InChI is InChI=1S/C30H31Br2N3O5/c31-27(32)19-24-15-7-8-16-25(24)34-28(36)26(35-30(38)40-21-23-13-5-2-6-14-23)17-9-10-18-33-29(37)39-20-22-11-3-1-4-12-22/h1-8,11-16,19,26H,9-10,17-18,20-21H2,(H,33,37)(H,34,36)(H,35,38)/t26-/m0/s1. The lowest BCUT2D eigenvalue weighted by Gasteiger charge is -2.19. The number of amides is 3. The largest absolute Gasteiger partial charge is 0.445 e. The Hall–Kier alpha value is -3.63. The summed E-state index contributed by atoms with van der Waals surface area (Å²) in [5.41, 5.74) is 3.11. The predicted molar refractivity (Wildman–Crippen MR) is 163 cm³/mol. The van der Waals surface area contributed by atoms with Crippen molar-refractivity contribution in [2.45, 2.75) is 38.5 Å². The molecule has 3 rings (SSSR count). The number of nitrogens with one attached hydrogen (secondary N) is 3. The molecule has 210 valence electrons. The molecule has 10 heteroatoms. The zero-order chi connectivity index (χ0) is 28.6. The Bertz CT molecular complexity index is 1270. The molecule has 3 N–H and O–H groups in total. The van der Waals surface area contributed by atoms with Gasteiger partial charge in [0.2, 0.25) is 5.91 Å². The molecule has 0 fully saturated rings. The maximum Gasteiger partial charge on any atom is 0.408 e. The number of rotatable bonds is 13. The highest BCUT2D eigenvalue weighted by molar-refractivity contribution is 9.28. The van der Waals surface area contributed by atoms with E-state index in [2.05, 4.69) is 47.8 Å². The van der Waals surface area contributed by atoms with Crippen LogP contribution < -0.4 is 16.0 Å². The third-order valence-electron chi connectivity index (χ3n) is 5.71. The Balaban J connectivity index is 1.53. The molecule has 0 aliphatic heterocycles. The number of benzene rings is 3. The average Bonchev–Trinajstić information content (AvgIpc) is 2.96. The van der Waals surface area contributed by atoms with Crippen molar-refractivity contribution in [3.8, 4) is 0 Å². The minimum Gasteiger partial charge on any atom is -0.445 e. The Morgan fingerprint density at radius 3 is 1.95 bits per heavy atom. The van der Waals surface area contributed by atoms with Gasteiger partial charge in [-0.3, -0.25) is 4.79 Å². The first-order valence-electron chi connectivity index (χ1n) is 12.7. The fraction of sp³-hybridized carbons (Fsp3) is 0.233. The predicted octanol–water partition coefficient (Wildman–Crippen LogP) is 7.11. The summed E-state index contributed by atoms with van der Waals surface area (Å²) in [4.78, 5) is 37.8. The van der Waals surface area contributed by atoms with Crippen molar-refractivity contribution in [3.63, 3.8) is 0 Å². The van der Waals surface area contributed by atoms with Crippen LogP contribution >= 0.6 is 31.9 Å². The van der Waals surface area contributed by atoms with Crippen LogP contribution in [-0.4, -0.2) is 30.7 Å². The maximum atomic E-state index is 13.2. The van der Waals surface area contributed by atoms with Crippen LogP contribution in [0.4, 0.5) is 15.3 Å². The van der Waals surface area contributed by atoms with E-state index >= 15 is 0 Å². The molecule has 1 atom stereocenters. The summed E-state index contributed by atoms with van der Waals surface area (Å²) in [5, 5.41) is 8.30. The first-order chi connectivity index (χ1) is 19.4. The molecular formula is C30H31Br2N3O5. The van der Waals surface area contributed by atoms with Crippen LogP contribution in [-0.2, 0) is 27.5 Å². The molecule has 0 aromatic heterocycles. The van der Waals surface area contributed by atoms with E-state index in [9.17, 15) is 14.4 Å². The second-order valence-corrected chi connectivity index (χ2v) is 11.5. The van der Waals surface area contributed by atoms with Crippen molar-refractivity contribution >= 4 is 61.7 Å². The van der Waals surface area contributed by atoms with E-state index in [-0.39, 0.29) is 19.1 Å². The lowest BCUT2D eigenvalue weighted by Crippen LogP contribution is -2.44. The van der Waals surface area contributed by atoms with Crippen molar-refractivity contribution in [2.75, 3.05) is 11.9 Å². The normalized spacial score (nSPS) is 11.1. The quantitative estimate of drug-likeness (QED) is 0.168. The number of anilines is 1. The van der Waals surface area contributed by atoms with E-state index in [1.54, 1.807) is 6.07 Å². The number of unbranched alkanes of at least 4 members (excludes halogenated alkanes) is 1. The van der Waals surface area contributed by atoms with Gasteiger partial charge in [0, 0.05) is 12.2 Å². The van der Waals surface area contributed by atoms with Gasteiger partial charge in [0.1, 0.15) is 19.3 Å². The van der Waals surface area contributed by atoms with E-state index < -0.39 is 18.2 Å². The molecule has 8 nitrogen and oxygen atoms in total. The number of carbonyl (C=O) groups excluding carboxylic acids is 3. The molecule has 40 heavy (non-hydrogen) atoms. The van der Waals surface area contributed by atoms with Crippen molar-refractivity contribution in [2.24, 2.45) is 0 Å². The van der Waals surface area contributed by atoms with Gasteiger partial charge in [-0.25, -0.2) is 9.59 Å². The lowest BCUT2D eigenvalue weighted by atomic mass is 10.1. The smallest absolute Gasteiger partial charge is 0.408 e. The topological polar surface area (TPSA) is 106 Å². The molecule has 0 radical (unpaired) electrons. The van der Waals surface area contributed by atoms with E-state index in [1.807, 2.05) is 84.9 Å². The first kappa shape index (κ1) is 30.9. The highest BCUT2D eigenvalue weighted by Crippen LogP contribution is 2.24. The molecule has 0 aliphatic rings. The number of carbonyl (C=O) groups is 3. The SMILES string of the molecule is O=C(NCCCC[C@H](NC(=O)OCc1ccccc1)C(=O)Nc1ccccc1C=C(Br)Br)OCc1ccccc1. The monoisotopic (exact) mass is 671 g/mol. The summed E-state index contributed by atoms with van der Waals surface area (Å²) < 4.78 is 11.3. The van der Waals surface area contributed by atoms with Gasteiger partial charge >= 0.3 is 12.2 Å². The second-order valence-electron chi connectivity index (χ2n) is 8.75. The second kappa shape index (κ2) is 17.1. The highest BCUT2D eigenvalue weighted by atomic mass is 79.9. The zero-order valence-corrected chi connectivity index (χ0v) is 24.9. The molecule has 0 saturated heterocycles. The fourth-order valence-electron chi connectivity index (χ4n) is 3.69. The molecule has 0 saturated carbocycles. The molecule has 0 heterocycles. The van der Waals surface area contributed by atoms with Crippen LogP contribution in [0.1, 0.15) is 36.0 Å². The van der Waals surface area contributed by atoms with E-state index in [0.717, 1.165) is 20.1 Å². The molecule has 0 aliphatic carbocycles. The summed E-state index contributed by atoms with van der Waals surface area (Å²) >= 11 is 6.69. The average molecular weight is 673 g/mol. The third-order valence-corrected chi connectivity index (χ3v) is 6.16. The number of ether oxygens (including phenoxy) is 2. The van der Waals surface area contributed by atoms with Gasteiger partial charge in [0.15, 0.2) is 0 Å². The van der Waals surface area contributed by atoms with Gasteiger partial charge in [-0.2, -0.15) is 0 Å². The Morgan fingerprint density at radius 2 is 1.32 bits per heavy atom. The van der Waals surface area contributed by atoms with Crippen molar-refractivity contribution < 1.29 is 23.9 Å². The van der Waals surface area contributed by atoms with E-state index in [4.69, 9.17) is 9.47 Å². The van der Waals surface area contributed by atoms with Crippen LogP contribution in [0.25, 0.3) is 6.08 Å². The molecule has 0 bridgehead atoms. The molecular weight excluding hydrogens is 642 g/mol. The number of para-hydroxylation sites is 1. The molecule has 0 spiro atoms. The Kier molecular flexibility index (Phi) is 13.2. The number of hydrogen-bond donors (Lipinski definition) is 3. The maximum absolute atomic E-state index is 13.2. The summed E-state index contributed by atoms with van der Waals surface area (Å²) in [6.07, 6.45) is 2.10. The molecule has 0 unspecified atom stereocenters. The van der Waals surface area contributed by atoms with Crippen molar-refractivity contribution in [1.29, 1.82) is 0 Å². The molecule has 3 aromatic carbocycles. The highest BCUT2D eigenvalue weighted by Gasteiger charge is 2.22. The zero-order valence-electron chi connectivity index (χ0n) is 21.8. The van der Waals surface area contributed by atoms with Crippen LogP contribution in [0, 0.1) is 0 Å². The van der Waals surface area contributed by atoms with Crippen molar-refractivity contribution in [3.05, 3.63) is 105 Å². The number of alkyl carbamates (subject to hydrolysis) is 2. The number of hydrogen-bond acceptors (Lipinski definition) is 5. The summed E-state index contributed by atoms with van der Waals surface area (Å²) in [6.45, 7) is 0.641. The first-order valence-corrected chi connectivity index (χ1v) is 14.3. The third kappa shape index (κ3) is 11.6. The molecule has 3 aromatic rings. The lowest BCUT2D eigenvalue weighted by molar-refractivity contribution is -0.118. The van der Waals surface area contributed by atoms with Crippen LogP contribution in [0.5, 0.6) is 0 Å². The minimum absolute atomic E-state index is 0.0862. The van der Waals surface area contributed by atoms with E-state index in [0.29, 0.717) is 31.5 Å². The van der Waals surface area contributed by atoms with Crippen LogP contribution in [0.15, 0.2) is 88.3 Å². The number of halogens is 2.